The van der Waals surface area contributed by atoms with Crippen LogP contribution in [-0.2, 0) is 16.0 Å². The number of carbonyl (C=O) groups is 2. The van der Waals surface area contributed by atoms with Crippen LogP contribution in [0.2, 0.25) is 0 Å². The Labute approximate surface area is 125 Å². The van der Waals surface area contributed by atoms with E-state index in [0.29, 0.717) is 13.0 Å². The number of carbonyl (C=O) groups excluding carboxylic acids is 1. The van der Waals surface area contributed by atoms with Crippen molar-refractivity contribution in [3.63, 3.8) is 0 Å². The molecule has 1 unspecified atom stereocenters. The molecule has 21 heavy (non-hydrogen) atoms. The quantitative estimate of drug-likeness (QED) is 0.876. The predicted octanol–water partition coefficient (Wildman–Crippen LogP) is 2.72. The standard InChI is InChI=1S/C17H23NO3/c19-16(10-4-8-14-6-2-1-3-7-14)18-11-5-9-15(13-18)12-17(20)21/h1-3,6-7,15H,4-5,8-13H2,(H,20,21). The van der Waals surface area contributed by atoms with Crippen LogP contribution in [0.3, 0.4) is 0 Å². The van der Waals surface area contributed by atoms with Gasteiger partial charge in [-0.1, -0.05) is 30.3 Å². The molecule has 2 rings (SSSR count). The van der Waals surface area contributed by atoms with Crippen LogP contribution in [0.5, 0.6) is 0 Å². The number of rotatable bonds is 6. The average molecular weight is 289 g/mol. The van der Waals surface area contributed by atoms with Gasteiger partial charge in [0, 0.05) is 25.9 Å². The van der Waals surface area contributed by atoms with Crippen molar-refractivity contribution in [2.24, 2.45) is 5.92 Å². The van der Waals surface area contributed by atoms with Crippen LogP contribution in [0.1, 0.15) is 37.7 Å². The first-order valence-electron chi connectivity index (χ1n) is 7.68. The van der Waals surface area contributed by atoms with Gasteiger partial charge in [0.15, 0.2) is 0 Å². The fraction of sp³-hybridized carbons (Fsp3) is 0.529. The molecule has 0 spiro atoms. The van der Waals surface area contributed by atoms with Crippen LogP contribution < -0.4 is 0 Å². The molecule has 0 saturated carbocycles. The van der Waals surface area contributed by atoms with Gasteiger partial charge in [-0.25, -0.2) is 0 Å². The van der Waals surface area contributed by atoms with E-state index in [1.54, 1.807) is 0 Å². The molecule has 0 bridgehead atoms. The van der Waals surface area contributed by atoms with Gasteiger partial charge in [-0.3, -0.25) is 9.59 Å². The Balaban J connectivity index is 1.73. The van der Waals surface area contributed by atoms with Gasteiger partial charge >= 0.3 is 5.97 Å². The molecule has 0 radical (unpaired) electrons. The Morgan fingerprint density at radius 1 is 1.24 bits per heavy atom. The SMILES string of the molecule is O=C(O)CC1CCCN(C(=O)CCCc2ccccc2)C1. The van der Waals surface area contributed by atoms with E-state index in [1.165, 1.54) is 5.56 Å². The Bertz CT molecular complexity index is 472. The highest BCUT2D eigenvalue weighted by atomic mass is 16.4. The number of hydrogen-bond donors (Lipinski definition) is 1. The first-order chi connectivity index (χ1) is 10.1. The lowest BCUT2D eigenvalue weighted by Gasteiger charge is -2.32. The number of likely N-dealkylation sites (tertiary alicyclic amines) is 1. The maximum Gasteiger partial charge on any atom is 0.303 e. The van der Waals surface area contributed by atoms with E-state index in [2.05, 4.69) is 12.1 Å². The molecule has 1 amide bonds. The zero-order valence-electron chi connectivity index (χ0n) is 12.3. The summed E-state index contributed by atoms with van der Waals surface area (Å²) in [5.74, 6) is -0.478. The molecule has 1 N–H and O–H groups in total. The molecule has 1 aliphatic rings. The summed E-state index contributed by atoms with van der Waals surface area (Å²) in [6, 6.07) is 10.2. The molecular weight excluding hydrogens is 266 g/mol. The topological polar surface area (TPSA) is 57.6 Å². The molecule has 0 aromatic heterocycles. The summed E-state index contributed by atoms with van der Waals surface area (Å²) < 4.78 is 0. The zero-order valence-corrected chi connectivity index (χ0v) is 12.3. The Morgan fingerprint density at radius 2 is 2.00 bits per heavy atom. The van der Waals surface area contributed by atoms with E-state index in [1.807, 2.05) is 23.1 Å². The van der Waals surface area contributed by atoms with Crippen molar-refractivity contribution in [2.75, 3.05) is 13.1 Å². The van der Waals surface area contributed by atoms with E-state index in [9.17, 15) is 9.59 Å². The molecule has 1 saturated heterocycles. The van der Waals surface area contributed by atoms with Crippen LogP contribution in [-0.4, -0.2) is 35.0 Å². The van der Waals surface area contributed by atoms with Gasteiger partial charge in [0.05, 0.1) is 0 Å². The molecule has 1 aromatic rings. The number of aryl methyl sites for hydroxylation is 1. The van der Waals surface area contributed by atoms with Gasteiger partial charge in [-0.05, 0) is 37.2 Å². The van der Waals surface area contributed by atoms with Gasteiger partial charge in [-0.2, -0.15) is 0 Å². The van der Waals surface area contributed by atoms with E-state index in [0.717, 1.165) is 32.2 Å². The molecule has 114 valence electrons. The van der Waals surface area contributed by atoms with E-state index in [4.69, 9.17) is 5.11 Å². The van der Waals surface area contributed by atoms with Crippen LogP contribution in [0.15, 0.2) is 30.3 Å². The summed E-state index contributed by atoms with van der Waals surface area (Å²) in [5.41, 5.74) is 1.26. The lowest BCUT2D eigenvalue weighted by Crippen LogP contribution is -2.40. The summed E-state index contributed by atoms with van der Waals surface area (Å²) in [6.45, 7) is 1.39. The average Bonchev–Trinajstić information content (AvgIpc) is 2.48. The second kappa shape index (κ2) is 7.81. The Morgan fingerprint density at radius 3 is 2.71 bits per heavy atom. The highest BCUT2D eigenvalue weighted by Gasteiger charge is 2.24. The number of hydrogen-bond acceptors (Lipinski definition) is 2. The smallest absolute Gasteiger partial charge is 0.303 e. The second-order valence-corrected chi connectivity index (χ2v) is 5.79. The van der Waals surface area contributed by atoms with Crippen molar-refractivity contribution in [1.82, 2.24) is 4.90 Å². The Hall–Kier alpha value is -1.84. The lowest BCUT2D eigenvalue weighted by molar-refractivity contribution is -0.140. The lowest BCUT2D eigenvalue weighted by atomic mass is 9.94. The molecule has 0 aliphatic carbocycles. The molecule has 4 heteroatoms. The van der Waals surface area contributed by atoms with Crippen molar-refractivity contribution >= 4 is 11.9 Å². The van der Waals surface area contributed by atoms with Crippen LogP contribution in [0.4, 0.5) is 0 Å². The number of piperidine rings is 1. The minimum Gasteiger partial charge on any atom is -0.481 e. The third-order valence-corrected chi connectivity index (χ3v) is 4.03. The summed E-state index contributed by atoms with van der Waals surface area (Å²) in [7, 11) is 0. The fourth-order valence-electron chi connectivity index (χ4n) is 2.95. The normalized spacial score (nSPS) is 18.5. The van der Waals surface area contributed by atoms with Crippen molar-refractivity contribution in [3.05, 3.63) is 35.9 Å². The number of carboxylic acid groups (broad SMARTS) is 1. The van der Waals surface area contributed by atoms with Gasteiger partial charge in [0.1, 0.15) is 0 Å². The third kappa shape index (κ3) is 5.21. The molecule has 1 heterocycles. The molecule has 1 aromatic carbocycles. The maximum absolute atomic E-state index is 12.2. The van der Waals surface area contributed by atoms with Crippen LogP contribution in [0.25, 0.3) is 0 Å². The van der Waals surface area contributed by atoms with Gasteiger partial charge in [0.25, 0.3) is 0 Å². The minimum atomic E-state index is -0.765. The van der Waals surface area contributed by atoms with Crippen molar-refractivity contribution < 1.29 is 14.7 Å². The van der Waals surface area contributed by atoms with Crippen LogP contribution in [0, 0.1) is 5.92 Å². The van der Waals surface area contributed by atoms with E-state index in [-0.39, 0.29) is 18.2 Å². The van der Waals surface area contributed by atoms with Crippen LogP contribution >= 0.6 is 0 Å². The summed E-state index contributed by atoms with van der Waals surface area (Å²) >= 11 is 0. The zero-order chi connectivity index (χ0) is 15.1. The summed E-state index contributed by atoms with van der Waals surface area (Å²) in [4.78, 5) is 24.8. The highest BCUT2D eigenvalue weighted by molar-refractivity contribution is 5.76. The molecule has 1 atom stereocenters. The summed E-state index contributed by atoms with van der Waals surface area (Å²) in [5, 5.41) is 8.85. The molecule has 1 aliphatic heterocycles. The first kappa shape index (κ1) is 15.5. The molecule has 1 fully saturated rings. The van der Waals surface area contributed by atoms with E-state index < -0.39 is 5.97 Å². The maximum atomic E-state index is 12.2. The molecule has 4 nitrogen and oxygen atoms in total. The number of aliphatic carboxylic acids is 1. The largest absolute Gasteiger partial charge is 0.481 e. The summed E-state index contributed by atoms with van der Waals surface area (Å²) in [6.07, 6.45) is 4.33. The minimum absolute atomic E-state index is 0.120. The predicted molar refractivity (Wildman–Crippen MR) is 80.9 cm³/mol. The number of carboxylic acids is 1. The first-order valence-corrected chi connectivity index (χ1v) is 7.68. The van der Waals surface area contributed by atoms with Gasteiger partial charge in [-0.15, -0.1) is 0 Å². The fourth-order valence-corrected chi connectivity index (χ4v) is 2.95. The van der Waals surface area contributed by atoms with Gasteiger partial charge < -0.3 is 10.0 Å². The van der Waals surface area contributed by atoms with Crippen molar-refractivity contribution in [3.8, 4) is 0 Å². The van der Waals surface area contributed by atoms with E-state index >= 15 is 0 Å². The molecular formula is C17H23NO3. The number of amides is 1. The third-order valence-electron chi connectivity index (χ3n) is 4.03. The number of benzene rings is 1. The van der Waals surface area contributed by atoms with Crippen molar-refractivity contribution in [1.29, 1.82) is 0 Å². The Kier molecular flexibility index (Phi) is 5.78. The number of nitrogens with zero attached hydrogens (tertiary/aromatic N) is 1. The van der Waals surface area contributed by atoms with Crippen molar-refractivity contribution in [2.45, 2.75) is 38.5 Å². The monoisotopic (exact) mass is 289 g/mol. The second-order valence-electron chi connectivity index (χ2n) is 5.79. The van der Waals surface area contributed by atoms with Gasteiger partial charge in [0.2, 0.25) is 5.91 Å². The highest BCUT2D eigenvalue weighted by Crippen LogP contribution is 2.20.